The van der Waals surface area contributed by atoms with Crippen LogP contribution >= 0.6 is 0 Å². The molecule has 4 rings (SSSR count). The van der Waals surface area contributed by atoms with Crippen LogP contribution < -0.4 is 0 Å². The zero-order chi connectivity index (χ0) is 17.3. The Bertz CT molecular complexity index is 675. The molecule has 1 saturated heterocycles. The number of hydrogen-bond acceptors (Lipinski definition) is 2. The Hall–Kier alpha value is -1.06. The highest BCUT2D eigenvalue weighted by molar-refractivity contribution is 6.54. The van der Waals surface area contributed by atoms with E-state index in [0.29, 0.717) is 11.8 Å². The lowest BCUT2D eigenvalue weighted by Gasteiger charge is -2.32. The van der Waals surface area contributed by atoms with E-state index in [0.717, 1.165) is 12.8 Å². The molecule has 2 unspecified atom stereocenters. The third kappa shape index (κ3) is 2.17. The first-order chi connectivity index (χ1) is 11.1. The minimum atomic E-state index is -0.266. The van der Waals surface area contributed by atoms with Crippen molar-refractivity contribution in [3.8, 4) is 0 Å². The van der Waals surface area contributed by atoms with Gasteiger partial charge in [0.1, 0.15) is 0 Å². The summed E-state index contributed by atoms with van der Waals surface area (Å²) >= 11 is 0. The number of fused-ring (bicyclic) bond motifs is 2. The summed E-state index contributed by atoms with van der Waals surface area (Å²) in [6.45, 7) is 13.3. The molecule has 3 aliphatic carbocycles. The summed E-state index contributed by atoms with van der Waals surface area (Å²) in [7, 11) is -0.200. The van der Waals surface area contributed by atoms with Gasteiger partial charge < -0.3 is 9.31 Å². The predicted molar refractivity (Wildman–Crippen MR) is 99.5 cm³/mol. The molecular formula is C21H29BO2. The maximum absolute atomic E-state index is 6.30. The van der Waals surface area contributed by atoms with Gasteiger partial charge in [-0.3, -0.25) is 0 Å². The predicted octanol–water partition coefficient (Wildman–Crippen LogP) is 5.03. The van der Waals surface area contributed by atoms with Crippen LogP contribution in [0.4, 0.5) is 0 Å². The van der Waals surface area contributed by atoms with Gasteiger partial charge in [-0.2, -0.15) is 0 Å². The topological polar surface area (TPSA) is 18.5 Å². The Morgan fingerprint density at radius 2 is 1.54 bits per heavy atom. The highest BCUT2D eigenvalue weighted by Gasteiger charge is 2.54. The van der Waals surface area contributed by atoms with Gasteiger partial charge in [0.2, 0.25) is 0 Å². The SMILES string of the molecule is CC1(C)C2=C(CCC(B3OC(C)(C)C(C)(C)O3)=C2)C2C=CC=CC21. The Labute approximate surface area is 146 Å². The highest BCUT2D eigenvalue weighted by Crippen LogP contribution is 2.56. The molecule has 0 aromatic rings. The largest absolute Gasteiger partial charge is 0.490 e. The van der Waals surface area contributed by atoms with E-state index in [1.807, 2.05) is 0 Å². The van der Waals surface area contributed by atoms with Crippen molar-refractivity contribution in [1.29, 1.82) is 0 Å². The molecule has 1 aliphatic heterocycles. The van der Waals surface area contributed by atoms with Crippen LogP contribution in [0, 0.1) is 17.3 Å². The minimum absolute atomic E-state index is 0.177. The summed E-state index contributed by atoms with van der Waals surface area (Å²) in [5.74, 6) is 1.16. The second kappa shape index (κ2) is 4.99. The lowest BCUT2D eigenvalue weighted by Crippen LogP contribution is -2.41. The monoisotopic (exact) mass is 324 g/mol. The first-order valence-corrected chi connectivity index (χ1v) is 9.28. The molecule has 0 bridgehead atoms. The number of allylic oxidation sites excluding steroid dienone is 8. The molecule has 0 aromatic heterocycles. The Kier molecular flexibility index (Phi) is 3.41. The van der Waals surface area contributed by atoms with Gasteiger partial charge in [-0.05, 0) is 62.9 Å². The Balaban J connectivity index is 1.68. The highest BCUT2D eigenvalue weighted by atomic mass is 16.7. The summed E-state index contributed by atoms with van der Waals surface area (Å²) in [6, 6.07) is 0. The lowest BCUT2D eigenvalue weighted by molar-refractivity contribution is 0.00578. The van der Waals surface area contributed by atoms with Crippen molar-refractivity contribution >= 4 is 7.12 Å². The van der Waals surface area contributed by atoms with Gasteiger partial charge in [-0.25, -0.2) is 0 Å². The fourth-order valence-electron chi connectivity index (χ4n) is 4.70. The van der Waals surface area contributed by atoms with Crippen molar-refractivity contribution in [1.82, 2.24) is 0 Å². The second-order valence-corrected chi connectivity index (χ2v) is 9.29. The van der Waals surface area contributed by atoms with Crippen molar-refractivity contribution in [2.24, 2.45) is 17.3 Å². The van der Waals surface area contributed by atoms with E-state index >= 15 is 0 Å². The third-order valence-corrected chi connectivity index (χ3v) is 6.98. The molecule has 0 N–H and O–H groups in total. The molecule has 4 aliphatic rings. The molecule has 128 valence electrons. The van der Waals surface area contributed by atoms with Crippen LogP contribution in [-0.4, -0.2) is 18.3 Å². The van der Waals surface area contributed by atoms with E-state index in [9.17, 15) is 0 Å². The molecular weight excluding hydrogens is 295 g/mol. The molecule has 2 nitrogen and oxygen atoms in total. The molecule has 3 heteroatoms. The summed E-state index contributed by atoms with van der Waals surface area (Å²) in [5.41, 5.74) is 4.11. The quantitative estimate of drug-likeness (QED) is 0.630. The summed E-state index contributed by atoms with van der Waals surface area (Å²) in [6.07, 6.45) is 13.8. The van der Waals surface area contributed by atoms with E-state index in [1.165, 1.54) is 11.0 Å². The zero-order valence-corrected chi connectivity index (χ0v) is 15.8. The van der Waals surface area contributed by atoms with E-state index in [-0.39, 0.29) is 23.7 Å². The van der Waals surface area contributed by atoms with Crippen LogP contribution in [0.5, 0.6) is 0 Å². The molecule has 0 amide bonds. The van der Waals surface area contributed by atoms with Crippen LogP contribution in [-0.2, 0) is 9.31 Å². The molecule has 24 heavy (non-hydrogen) atoms. The first-order valence-electron chi connectivity index (χ1n) is 9.28. The van der Waals surface area contributed by atoms with Crippen molar-refractivity contribution in [2.75, 3.05) is 0 Å². The maximum atomic E-state index is 6.30. The summed E-state index contributed by atoms with van der Waals surface area (Å²) in [5, 5.41) is 0. The van der Waals surface area contributed by atoms with Gasteiger partial charge >= 0.3 is 7.12 Å². The van der Waals surface area contributed by atoms with Crippen LogP contribution in [0.2, 0.25) is 0 Å². The Morgan fingerprint density at radius 3 is 2.21 bits per heavy atom. The second-order valence-electron chi connectivity index (χ2n) is 9.29. The van der Waals surface area contributed by atoms with E-state index in [2.05, 4.69) is 71.9 Å². The van der Waals surface area contributed by atoms with Gasteiger partial charge in [0.15, 0.2) is 0 Å². The first kappa shape index (κ1) is 16.4. The van der Waals surface area contributed by atoms with Crippen LogP contribution in [0.15, 0.2) is 47.0 Å². The number of rotatable bonds is 1. The normalized spacial score (nSPS) is 35.1. The molecule has 0 spiro atoms. The maximum Gasteiger partial charge on any atom is 0.490 e. The zero-order valence-electron chi connectivity index (χ0n) is 15.8. The van der Waals surface area contributed by atoms with Crippen molar-refractivity contribution < 1.29 is 9.31 Å². The third-order valence-electron chi connectivity index (χ3n) is 6.98. The average Bonchev–Trinajstić information content (AvgIpc) is 2.88. The lowest BCUT2D eigenvalue weighted by atomic mass is 9.69. The van der Waals surface area contributed by atoms with Crippen molar-refractivity contribution in [3.63, 3.8) is 0 Å². The van der Waals surface area contributed by atoms with Crippen LogP contribution in [0.3, 0.4) is 0 Å². The van der Waals surface area contributed by atoms with E-state index in [4.69, 9.17) is 9.31 Å². The van der Waals surface area contributed by atoms with Gasteiger partial charge in [0.25, 0.3) is 0 Å². The molecule has 0 radical (unpaired) electrons. The van der Waals surface area contributed by atoms with Crippen molar-refractivity contribution in [3.05, 3.63) is 47.0 Å². The fraction of sp³-hybridized carbons (Fsp3) is 0.619. The van der Waals surface area contributed by atoms with E-state index < -0.39 is 0 Å². The molecule has 1 heterocycles. The fourth-order valence-corrected chi connectivity index (χ4v) is 4.70. The molecule has 2 atom stereocenters. The minimum Gasteiger partial charge on any atom is -0.400 e. The smallest absolute Gasteiger partial charge is 0.400 e. The van der Waals surface area contributed by atoms with E-state index in [1.54, 1.807) is 5.57 Å². The van der Waals surface area contributed by atoms with Gasteiger partial charge in [0, 0.05) is 5.92 Å². The molecule has 0 aromatic carbocycles. The van der Waals surface area contributed by atoms with Gasteiger partial charge in [0.05, 0.1) is 11.2 Å². The average molecular weight is 324 g/mol. The van der Waals surface area contributed by atoms with Gasteiger partial charge in [-0.15, -0.1) is 0 Å². The van der Waals surface area contributed by atoms with Crippen molar-refractivity contribution in [2.45, 2.75) is 65.6 Å². The van der Waals surface area contributed by atoms with Gasteiger partial charge in [-0.1, -0.05) is 49.8 Å². The molecule has 1 fully saturated rings. The van der Waals surface area contributed by atoms with Crippen LogP contribution in [0.1, 0.15) is 54.4 Å². The summed E-state index contributed by atoms with van der Waals surface area (Å²) in [4.78, 5) is 0. The number of hydrogen-bond donors (Lipinski definition) is 0. The Morgan fingerprint density at radius 1 is 0.917 bits per heavy atom. The standard InChI is InChI=1S/C21H29BO2/c1-19(2)17-10-8-7-9-15(17)16-12-11-14(13-18(16)19)22-23-20(3,4)21(5,6)24-22/h7-10,13,15,17H,11-12H2,1-6H3. The van der Waals surface area contributed by atoms with Crippen LogP contribution in [0.25, 0.3) is 0 Å². The molecule has 0 saturated carbocycles. The summed E-state index contributed by atoms with van der Waals surface area (Å²) < 4.78 is 12.6.